The summed E-state index contributed by atoms with van der Waals surface area (Å²) in [5.74, 6) is 4.36. The molecule has 4 fully saturated rings. The highest BCUT2D eigenvalue weighted by Crippen LogP contribution is 2.58. The minimum atomic E-state index is 0.555. The van der Waals surface area contributed by atoms with Gasteiger partial charge >= 0.3 is 0 Å². The summed E-state index contributed by atoms with van der Waals surface area (Å²) in [5, 5.41) is 4.66. The molecule has 0 amide bonds. The van der Waals surface area contributed by atoms with Gasteiger partial charge in [-0.3, -0.25) is 4.68 Å². The molecule has 104 valence electrons. The summed E-state index contributed by atoms with van der Waals surface area (Å²) in [6.07, 6.45) is 7.12. The smallest absolute Gasteiger partial charge is 0.232 e. The second-order valence-corrected chi connectivity index (χ2v) is 6.75. The molecule has 1 heterocycles. The van der Waals surface area contributed by atoms with Crippen LogP contribution in [0.15, 0.2) is 6.07 Å². The van der Waals surface area contributed by atoms with E-state index in [4.69, 9.17) is 10.5 Å². The SMILES string of the molecule is COc1cc(CN)n(C2C3CC4CC(C3)CC2C4)n1. The third-order valence-corrected chi connectivity index (χ3v) is 5.67. The molecule has 2 N–H and O–H groups in total. The number of hydrogen-bond acceptors (Lipinski definition) is 3. The number of hydrogen-bond donors (Lipinski definition) is 1. The molecule has 4 aliphatic carbocycles. The van der Waals surface area contributed by atoms with E-state index in [1.54, 1.807) is 7.11 Å². The van der Waals surface area contributed by atoms with Crippen LogP contribution in [0.3, 0.4) is 0 Å². The van der Waals surface area contributed by atoms with Crippen LogP contribution in [-0.4, -0.2) is 16.9 Å². The first-order valence-corrected chi connectivity index (χ1v) is 7.61. The number of ether oxygens (including phenoxy) is 1. The van der Waals surface area contributed by atoms with Crippen molar-refractivity contribution in [3.8, 4) is 5.88 Å². The number of nitrogens with two attached hydrogens (primary N) is 1. The topological polar surface area (TPSA) is 53.1 Å². The molecular formula is C15H23N3O. The van der Waals surface area contributed by atoms with Crippen molar-refractivity contribution in [1.29, 1.82) is 0 Å². The number of methoxy groups -OCH3 is 1. The van der Waals surface area contributed by atoms with Gasteiger partial charge in [0.05, 0.1) is 18.8 Å². The summed E-state index contributed by atoms with van der Waals surface area (Å²) in [7, 11) is 1.68. The summed E-state index contributed by atoms with van der Waals surface area (Å²) in [4.78, 5) is 0. The Balaban J connectivity index is 1.70. The van der Waals surface area contributed by atoms with Gasteiger partial charge in [-0.2, -0.15) is 0 Å². The highest BCUT2D eigenvalue weighted by Gasteiger charge is 2.49. The zero-order valence-electron chi connectivity index (χ0n) is 11.6. The van der Waals surface area contributed by atoms with Crippen LogP contribution in [0.2, 0.25) is 0 Å². The zero-order valence-corrected chi connectivity index (χ0v) is 11.6. The Bertz CT molecular complexity index is 454. The largest absolute Gasteiger partial charge is 0.480 e. The predicted molar refractivity (Wildman–Crippen MR) is 72.8 cm³/mol. The Labute approximate surface area is 114 Å². The van der Waals surface area contributed by atoms with Crippen molar-refractivity contribution >= 4 is 0 Å². The fraction of sp³-hybridized carbons (Fsp3) is 0.800. The summed E-state index contributed by atoms with van der Waals surface area (Å²) in [6.45, 7) is 0.555. The maximum Gasteiger partial charge on any atom is 0.232 e. The van der Waals surface area contributed by atoms with Gasteiger partial charge in [0, 0.05) is 12.6 Å². The molecule has 4 aliphatic rings. The van der Waals surface area contributed by atoms with Gasteiger partial charge in [-0.25, -0.2) is 0 Å². The van der Waals surface area contributed by atoms with Crippen molar-refractivity contribution in [2.75, 3.05) is 7.11 Å². The molecule has 0 radical (unpaired) electrons. The summed E-state index contributed by atoms with van der Waals surface area (Å²) in [6, 6.07) is 2.58. The first kappa shape index (κ1) is 11.8. The van der Waals surface area contributed by atoms with Gasteiger partial charge < -0.3 is 10.5 Å². The number of aromatic nitrogens is 2. The van der Waals surface area contributed by atoms with Gasteiger partial charge in [0.15, 0.2) is 0 Å². The van der Waals surface area contributed by atoms with E-state index in [2.05, 4.69) is 9.78 Å². The minimum absolute atomic E-state index is 0.555. The average Bonchev–Trinajstić information content (AvgIpc) is 2.81. The molecule has 1 aromatic heterocycles. The number of rotatable bonds is 3. The van der Waals surface area contributed by atoms with E-state index in [-0.39, 0.29) is 0 Å². The highest BCUT2D eigenvalue weighted by molar-refractivity contribution is 5.17. The van der Waals surface area contributed by atoms with Crippen molar-refractivity contribution in [3.05, 3.63) is 11.8 Å². The van der Waals surface area contributed by atoms with Gasteiger partial charge in [0.1, 0.15) is 0 Å². The molecule has 19 heavy (non-hydrogen) atoms. The molecule has 1 aromatic rings. The van der Waals surface area contributed by atoms with E-state index in [1.165, 1.54) is 32.1 Å². The highest BCUT2D eigenvalue weighted by atomic mass is 16.5. The molecule has 4 nitrogen and oxygen atoms in total. The molecular weight excluding hydrogens is 238 g/mol. The van der Waals surface area contributed by atoms with Crippen LogP contribution >= 0.6 is 0 Å². The first-order valence-electron chi connectivity index (χ1n) is 7.61. The van der Waals surface area contributed by atoms with Crippen LogP contribution in [0.5, 0.6) is 5.88 Å². The third-order valence-electron chi connectivity index (χ3n) is 5.67. The Kier molecular flexibility index (Phi) is 2.62. The van der Waals surface area contributed by atoms with E-state index >= 15 is 0 Å². The quantitative estimate of drug-likeness (QED) is 0.908. The molecule has 0 spiro atoms. The second kappa shape index (κ2) is 4.23. The van der Waals surface area contributed by atoms with Crippen molar-refractivity contribution in [3.63, 3.8) is 0 Å². The van der Waals surface area contributed by atoms with Crippen LogP contribution in [0.1, 0.15) is 43.8 Å². The molecule has 0 aromatic carbocycles. The van der Waals surface area contributed by atoms with Gasteiger partial charge in [-0.05, 0) is 55.8 Å². The number of nitrogens with zero attached hydrogens (tertiary/aromatic N) is 2. The molecule has 5 rings (SSSR count). The van der Waals surface area contributed by atoms with Gasteiger partial charge in [-0.1, -0.05) is 0 Å². The van der Waals surface area contributed by atoms with Crippen molar-refractivity contribution in [2.24, 2.45) is 29.4 Å². The molecule has 0 unspecified atom stereocenters. The Morgan fingerprint density at radius 1 is 1.21 bits per heavy atom. The van der Waals surface area contributed by atoms with E-state index in [1.807, 2.05) is 6.07 Å². The molecule has 4 bridgehead atoms. The lowest BCUT2D eigenvalue weighted by Crippen LogP contribution is -2.46. The van der Waals surface area contributed by atoms with Crippen molar-refractivity contribution in [2.45, 2.75) is 44.7 Å². The Morgan fingerprint density at radius 2 is 1.84 bits per heavy atom. The molecule has 0 saturated heterocycles. The van der Waals surface area contributed by atoms with E-state index in [0.29, 0.717) is 18.5 Å². The molecule has 4 heteroatoms. The minimum Gasteiger partial charge on any atom is -0.480 e. The van der Waals surface area contributed by atoms with E-state index < -0.39 is 0 Å². The monoisotopic (exact) mass is 261 g/mol. The lowest BCUT2D eigenvalue weighted by molar-refractivity contribution is -0.0349. The predicted octanol–water partition coefficient (Wildman–Crippen LogP) is 2.35. The van der Waals surface area contributed by atoms with Crippen LogP contribution in [0.4, 0.5) is 0 Å². The summed E-state index contributed by atoms with van der Waals surface area (Å²) >= 11 is 0. The maximum absolute atomic E-state index is 5.90. The van der Waals surface area contributed by atoms with E-state index in [0.717, 1.165) is 29.4 Å². The summed E-state index contributed by atoms with van der Waals surface area (Å²) < 4.78 is 7.51. The Morgan fingerprint density at radius 3 is 2.37 bits per heavy atom. The maximum atomic E-state index is 5.90. The van der Waals surface area contributed by atoms with Crippen LogP contribution in [0.25, 0.3) is 0 Å². The second-order valence-electron chi connectivity index (χ2n) is 6.75. The standard InChI is InChI=1S/C15H23N3O/c1-19-14-7-13(8-16)18(17-14)15-11-3-9-2-10(5-11)6-12(15)4-9/h7,9-12,15H,2-6,8,16H2,1H3. The fourth-order valence-corrected chi connectivity index (χ4v) is 5.21. The van der Waals surface area contributed by atoms with Gasteiger partial charge in [0.2, 0.25) is 5.88 Å². The van der Waals surface area contributed by atoms with Crippen LogP contribution in [-0.2, 0) is 6.54 Å². The fourth-order valence-electron chi connectivity index (χ4n) is 5.21. The van der Waals surface area contributed by atoms with Crippen LogP contribution < -0.4 is 10.5 Å². The van der Waals surface area contributed by atoms with Crippen molar-refractivity contribution < 1.29 is 4.74 Å². The molecule has 0 atom stereocenters. The van der Waals surface area contributed by atoms with Crippen LogP contribution in [0, 0.1) is 23.7 Å². The van der Waals surface area contributed by atoms with Gasteiger partial charge in [0.25, 0.3) is 0 Å². The molecule has 4 saturated carbocycles. The third kappa shape index (κ3) is 1.72. The lowest BCUT2D eigenvalue weighted by Gasteiger charge is -2.54. The van der Waals surface area contributed by atoms with E-state index in [9.17, 15) is 0 Å². The molecule has 0 aliphatic heterocycles. The summed E-state index contributed by atoms with van der Waals surface area (Å²) in [5.41, 5.74) is 7.03. The normalized spacial score (nSPS) is 39.8. The Hall–Kier alpha value is -1.03. The van der Waals surface area contributed by atoms with Gasteiger partial charge in [-0.15, -0.1) is 5.10 Å². The lowest BCUT2D eigenvalue weighted by atomic mass is 9.54. The zero-order chi connectivity index (χ0) is 13.0. The van der Waals surface area contributed by atoms with Crippen molar-refractivity contribution in [1.82, 2.24) is 9.78 Å². The first-order chi connectivity index (χ1) is 9.28. The average molecular weight is 261 g/mol.